The summed E-state index contributed by atoms with van der Waals surface area (Å²) in [6.45, 7) is 4.37. The summed E-state index contributed by atoms with van der Waals surface area (Å²) in [7, 11) is 0. The van der Waals surface area contributed by atoms with E-state index in [0.717, 1.165) is 62.9 Å². The Bertz CT molecular complexity index is 2550. The summed E-state index contributed by atoms with van der Waals surface area (Å²) < 4.78 is 39.7. The molecular formula is C48H43BF2N2O. The molecule has 1 N–H and O–H groups in total. The van der Waals surface area contributed by atoms with E-state index < -0.39 is 12.4 Å². The van der Waals surface area contributed by atoms with Crippen molar-refractivity contribution < 1.29 is 18.2 Å². The second-order valence-electron chi connectivity index (χ2n) is 16.7. The zero-order valence-corrected chi connectivity index (χ0v) is 31.2. The van der Waals surface area contributed by atoms with E-state index >= 15 is 8.63 Å². The Hall–Kier alpha value is -5.49. The third kappa shape index (κ3) is 4.61. The Morgan fingerprint density at radius 2 is 1.54 bits per heavy atom. The van der Waals surface area contributed by atoms with E-state index in [9.17, 15) is 5.11 Å². The lowest BCUT2D eigenvalue weighted by Gasteiger charge is -2.43. The Kier molecular flexibility index (Phi) is 7.21. The molecule has 0 radical (unpaired) electrons. The molecule has 1 spiro atoms. The number of hydrogen-bond acceptors (Lipinski definition) is 1. The Morgan fingerprint density at radius 1 is 0.833 bits per heavy atom. The van der Waals surface area contributed by atoms with Crippen LogP contribution in [0, 0.1) is 11.8 Å². The van der Waals surface area contributed by atoms with Crippen molar-refractivity contribution in [1.29, 1.82) is 0 Å². The minimum atomic E-state index is -4.41. The first-order valence-electron chi connectivity index (χ1n) is 19.4. The van der Waals surface area contributed by atoms with Crippen LogP contribution in [-0.4, -0.2) is 26.8 Å². The predicted octanol–water partition coefficient (Wildman–Crippen LogP) is 11.0. The van der Waals surface area contributed by atoms with Gasteiger partial charge < -0.3 is 22.7 Å². The molecule has 0 amide bonds. The highest BCUT2D eigenvalue weighted by atomic mass is 19.2. The molecule has 1 aromatic heterocycles. The summed E-state index contributed by atoms with van der Waals surface area (Å²) in [4.78, 5) is 0. The minimum absolute atomic E-state index is 0.183. The van der Waals surface area contributed by atoms with Gasteiger partial charge in [-0.25, -0.2) is 0 Å². The van der Waals surface area contributed by atoms with Crippen molar-refractivity contribution in [2.24, 2.45) is 11.8 Å². The van der Waals surface area contributed by atoms with Crippen molar-refractivity contribution in [2.45, 2.75) is 58.3 Å². The molecular weight excluding hydrogens is 669 g/mol. The van der Waals surface area contributed by atoms with E-state index in [1.54, 1.807) is 0 Å². The van der Waals surface area contributed by atoms with Gasteiger partial charge in [0.25, 0.3) is 0 Å². The van der Waals surface area contributed by atoms with E-state index in [0.29, 0.717) is 41.1 Å². The molecule has 6 aliphatic rings. The van der Waals surface area contributed by atoms with Crippen molar-refractivity contribution >= 4 is 18.3 Å². The standard InChI is InChI=1S/C48H43BF2N2O/c1-29(2)23-31-13-17-33(18-14-31)42-27-39-37-12-8-5-7-11-36(37)38-25-35(54)26-40-44(38)45-46(39)52(42)49(50,51)53-43(34-19-15-32(16-20-34)24-30(3)4)28-41(47(45)53)48(40)21-9-6-10-22-48/h5-21,25-30,36,54H,22-24H2,1-4H3. The Labute approximate surface area is 316 Å². The molecule has 3 heterocycles. The molecule has 2 atom stereocenters. The molecule has 0 saturated carbocycles. The average molecular weight is 713 g/mol. The smallest absolute Gasteiger partial charge is 0.508 e. The summed E-state index contributed by atoms with van der Waals surface area (Å²) in [5.74, 6) is 0.899. The Balaban J connectivity index is 1.35. The first-order valence-corrected chi connectivity index (χ1v) is 19.4. The summed E-state index contributed by atoms with van der Waals surface area (Å²) >= 11 is 0. The number of benzene rings is 3. The molecule has 6 heteroatoms. The van der Waals surface area contributed by atoms with Gasteiger partial charge in [0.05, 0.1) is 11.1 Å². The lowest BCUT2D eigenvalue weighted by atomic mass is 9.62. The second-order valence-corrected chi connectivity index (χ2v) is 16.7. The topological polar surface area (TPSA) is 28.2 Å². The number of fused-ring (bicyclic) bond motifs is 5. The van der Waals surface area contributed by atoms with Gasteiger partial charge in [0.1, 0.15) is 5.75 Å². The number of phenols is 1. The summed E-state index contributed by atoms with van der Waals surface area (Å²) in [5.41, 5.74) is 11.6. The maximum absolute atomic E-state index is 18.5. The molecule has 3 aromatic carbocycles. The number of hydrogen-bond donors (Lipinski definition) is 1. The average Bonchev–Trinajstić information content (AvgIpc) is 3.63. The number of aromatic hydroxyl groups is 1. The maximum atomic E-state index is 18.5. The highest BCUT2D eigenvalue weighted by Gasteiger charge is 2.61. The Morgan fingerprint density at radius 3 is 2.20 bits per heavy atom. The lowest BCUT2D eigenvalue weighted by molar-refractivity contribution is -0.362. The quantitative estimate of drug-likeness (QED) is 0.198. The van der Waals surface area contributed by atoms with E-state index in [1.807, 2.05) is 78.9 Å². The van der Waals surface area contributed by atoms with Crippen LogP contribution >= 0.6 is 0 Å². The number of halogens is 2. The molecule has 0 bridgehead atoms. The molecule has 2 unspecified atom stereocenters. The van der Waals surface area contributed by atoms with Gasteiger partial charge in [-0.1, -0.05) is 119 Å². The number of aromatic nitrogens is 1. The van der Waals surface area contributed by atoms with Crippen LogP contribution < -0.4 is 0 Å². The largest absolute Gasteiger partial charge is 0.737 e. The molecule has 268 valence electrons. The molecule has 3 nitrogen and oxygen atoms in total. The number of phenolic OH excluding ortho intramolecular Hbond substituents is 1. The molecule has 2 aliphatic heterocycles. The fraction of sp³-hybridized carbons (Fsp3) is 0.229. The van der Waals surface area contributed by atoms with Gasteiger partial charge >= 0.3 is 6.97 Å². The van der Waals surface area contributed by atoms with Crippen LogP contribution in [0.5, 0.6) is 5.75 Å². The second kappa shape index (κ2) is 11.8. The van der Waals surface area contributed by atoms with Gasteiger partial charge in [0, 0.05) is 34.4 Å². The van der Waals surface area contributed by atoms with Gasteiger partial charge in [-0.3, -0.25) is 0 Å². The van der Waals surface area contributed by atoms with Crippen molar-refractivity contribution in [1.82, 2.24) is 4.48 Å². The minimum Gasteiger partial charge on any atom is -0.508 e. The molecule has 0 fully saturated rings. The third-order valence-electron chi connectivity index (χ3n) is 12.2. The fourth-order valence-corrected chi connectivity index (χ4v) is 10.1. The molecule has 54 heavy (non-hydrogen) atoms. The van der Waals surface area contributed by atoms with Crippen LogP contribution in [0.15, 0.2) is 144 Å². The number of allylic oxidation sites excluding steroid dienone is 11. The highest BCUT2D eigenvalue weighted by molar-refractivity contribution is 6.59. The predicted molar refractivity (Wildman–Crippen MR) is 216 cm³/mol. The van der Waals surface area contributed by atoms with Crippen LogP contribution in [0.25, 0.3) is 16.8 Å². The van der Waals surface area contributed by atoms with Gasteiger partial charge in [0.15, 0.2) is 11.4 Å². The first kappa shape index (κ1) is 33.1. The van der Waals surface area contributed by atoms with Crippen molar-refractivity contribution in [3.05, 3.63) is 189 Å². The zero-order chi connectivity index (χ0) is 37.1. The highest BCUT2D eigenvalue weighted by Crippen LogP contribution is 2.62. The van der Waals surface area contributed by atoms with Gasteiger partial charge in [-0.15, -0.1) is 0 Å². The molecule has 4 aliphatic carbocycles. The fourth-order valence-electron chi connectivity index (χ4n) is 10.1. The van der Waals surface area contributed by atoms with Crippen molar-refractivity contribution in [3.63, 3.8) is 0 Å². The van der Waals surface area contributed by atoms with E-state index in [4.69, 9.17) is 0 Å². The zero-order valence-electron chi connectivity index (χ0n) is 31.2. The molecule has 0 saturated heterocycles. The van der Waals surface area contributed by atoms with Crippen LogP contribution in [0.2, 0.25) is 0 Å². The summed E-state index contributed by atoms with van der Waals surface area (Å²) in [6.07, 6.45) is 23.1. The van der Waals surface area contributed by atoms with E-state index in [1.165, 1.54) is 20.1 Å². The van der Waals surface area contributed by atoms with Gasteiger partial charge in [-0.2, -0.15) is 0 Å². The van der Waals surface area contributed by atoms with Crippen LogP contribution in [0.4, 0.5) is 8.63 Å². The van der Waals surface area contributed by atoms with Gasteiger partial charge in [0.2, 0.25) is 0 Å². The number of nitrogens with zero attached hydrogens (tertiary/aromatic N) is 2. The lowest BCUT2D eigenvalue weighted by Crippen LogP contribution is -2.52. The molecule has 4 aromatic rings. The first-order chi connectivity index (χ1) is 26.1. The summed E-state index contributed by atoms with van der Waals surface area (Å²) in [6, 6.07) is 22.2. The molecule has 10 rings (SSSR count). The summed E-state index contributed by atoms with van der Waals surface area (Å²) in [5, 5.41) is 11.5. The number of rotatable bonds is 6. The van der Waals surface area contributed by atoms with Gasteiger partial charge in [-0.05, 0) is 106 Å². The third-order valence-corrected chi connectivity index (χ3v) is 12.2. The monoisotopic (exact) mass is 712 g/mol. The van der Waals surface area contributed by atoms with Crippen molar-refractivity contribution in [3.8, 4) is 17.0 Å². The van der Waals surface area contributed by atoms with E-state index in [-0.39, 0.29) is 11.7 Å². The van der Waals surface area contributed by atoms with Crippen molar-refractivity contribution in [2.75, 3.05) is 0 Å². The SMILES string of the molecule is CC(C)Cc1ccc(C2=[N+]3C4=C5c6c(cc(O)cc6C6(C=CC=CC6)c6cc(-c7ccc(CC(C)C)cc7)n(c65)[B-]3(F)F)C3C=CC=CC=C3C4=C2)cc1. The maximum Gasteiger partial charge on any atom is 0.737 e. The van der Waals surface area contributed by atoms with Crippen LogP contribution in [-0.2, 0) is 18.3 Å². The normalized spacial score (nSPS) is 22.2. The van der Waals surface area contributed by atoms with Crippen LogP contribution in [0.3, 0.4) is 0 Å². The van der Waals surface area contributed by atoms with Crippen LogP contribution in [0.1, 0.15) is 84.7 Å². The van der Waals surface area contributed by atoms with E-state index in [2.05, 4.69) is 76.3 Å².